The molecule has 0 saturated heterocycles. The highest BCUT2D eigenvalue weighted by atomic mass is 35.5. The lowest BCUT2D eigenvalue weighted by Crippen LogP contribution is -2.36. The molecule has 0 saturated carbocycles. The average Bonchev–Trinajstić information content (AvgIpc) is 2.18. The molecule has 2 heteroatoms. The second-order valence-corrected chi connectivity index (χ2v) is 3.86. The van der Waals surface area contributed by atoms with Gasteiger partial charge in [-0.25, -0.2) is 0 Å². The summed E-state index contributed by atoms with van der Waals surface area (Å²) in [6, 6.07) is 8.23. The summed E-state index contributed by atoms with van der Waals surface area (Å²) in [5.74, 6) is 0.581. The molecule has 1 heterocycles. The van der Waals surface area contributed by atoms with Crippen LogP contribution in [0.4, 0.5) is 5.69 Å². The van der Waals surface area contributed by atoms with Crippen molar-refractivity contribution < 1.29 is 0 Å². The third kappa shape index (κ3) is 1.56. The smallest absolute Gasteiger partial charge is 0.0666 e. The van der Waals surface area contributed by atoms with Crippen LogP contribution in [0.1, 0.15) is 12.5 Å². The number of hydrogen-bond acceptors (Lipinski definition) is 1. The maximum Gasteiger partial charge on any atom is 0.0666 e. The van der Waals surface area contributed by atoms with E-state index >= 15 is 0 Å². The van der Waals surface area contributed by atoms with Crippen LogP contribution in [0.25, 0.3) is 6.08 Å². The van der Waals surface area contributed by atoms with E-state index in [1.807, 2.05) is 12.1 Å². The van der Waals surface area contributed by atoms with Gasteiger partial charge in [-0.2, -0.15) is 0 Å². The Bertz CT molecular complexity index is 346. The number of hydrogen-bond donors (Lipinski definition) is 1. The van der Waals surface area contributed by atoms with Crippen LogP contribution < -0.4 is 5.32 Å². The highest BCUT2D eigenvalue weighted by Crippen LogP contribution is 2.28. The van der Waals surface area contributed by atoms with Crippen LogP contribution in [-0.4, -0.2) is 11.4 Å². The van der Waals surface area contributed by atoms with Crippen LogP contribution in [0.2, 0.25) is 0 Å². The van der Waals surface area contributed by atoms with Crippen molar-refractivity contribution in [3.05, 3.63) is 35.9 Å². The molecule has 1 aliphatic rings. The molecule has 0 spiro atoms. The highest BCUT2D eigenvalue weighted by Gasteiger charge is 2.22. The summed E-state index contributed by atoms with van der Waals surface area (Å²) in [4.78, 5) is 0. The number of rotatable bonds is 1. The van der Waals surface area contributed by atoms with Crippen molar-refractivity contribution in [3.63, 3.8) is 0 Å². The fourth-order valence-electron chi connectivity index (χ4n) is 1.46. The van der Waals surface area contributed by atoms with Crippen LogP contribution in [0.3, 0.4) is 0 Å². The van der Waals surface area contributed by atoms with E-state index in [-0.39, 0.29) is 5.54 Å². The van der Waals surface area contributed by atoms with Gasteiger partial charge in [-0.1, -0.05) is 30.4 Å². The number of halogens is 1. The number of benzene rings is 1. The van der Waals surface area contributed by atoms with Crippen molar-refractivity contribution in [1.82, 2.24) is 0 Å². The summed E-state index contributed by atoms with van der Waals surface area (Å²) in [5.41, 5.74) is 2.29. The molecule has 0 radical (unpaired) electrons. The van der Waals surface area contributed by atoms with E-state index in [1.54, 1.807) is 0 Å². The number of nitrogens with one attached hydrogen (secondary N) is 1. The number of fused-ring (bicyclic) bond motifs is 1. The second kappa shape index (κ2) is 3.08. The zero-order chi connectivity index (χ0) is 9.31. The van der Waals surface area contributed by atoms with Crippen LogP contribution >= 0.6 is 11.6 Å². The SMILES string of the molecule is CC1(CCl)C=Cc2ccccc2N1. The van der Waals surface area contributed by atoms with E-state index in [0.717, 1.165) is 5.69 Å². The Morgan fingerprint density at radius 2 is 2.15 bits per heavy atom. The van der Waals surface area contributed by atoms with E-state index in [1.165, 1.54) is 5.56 Å². The third-order valence-electron chi connectivity index (χ3n) is 2.29. The van der Waals surface area contributed by atoms with Crippen molar-refractivity contribution in [1.29, 1.82) is 0 Å². The third-order valence-corrected chi connectivity index (χ3v) is 2.84. The minimum Gasteiger partial charge on any atom is -0.375 e. The fourth-order valence-corrected chi connectivity index (χ4v) is 1.61. The molecule has 0 amide bonds. The summed E-state index contributed by atoms with van der Waals surface area (Å²) in [7, 11) is 0. The molecule has 1 aromatic carbocycles. The lowest BCUT2D eigenvalue weighted by atomic mass is 9.97. The molecule has 0 fully saturated rings. The van der Waals surface area contributed by atoms with Crippen LogP contribution in [0.15, 0.2) is 30.3 Å². The molecule has 13 heavy (non-hydrogen) atoms. The first-order valence-electron chi connectivity index (χ1n) is 4.36. The molecule has 0 bridgehead atoms. The average molecular weight is 194 g/mol. The number of anilines is 1. The maximum atomic E-state index is 5.87. The van der Waals surface area contributed by atoms with Crippen molar-refractivity contribution in [2.75, 3.05) is 11.2 Å². The van der Waals surface area contributed by atoms with Crippen LogP contribution in [0, 0.1) is 0 Å². The van der Waals surface area contributed by atoms with E-state index < -0.39 is 0 Å². The summed E-state index contributed by atoms with van der Waals surface area (Å²) in [6.45, 7) is 2.09. The minimum atomic E-state index is -0.101. The summed E-state index contributed by atoms with van der Waals surface area (Å²) in [6.07, 6.45) is 4.23. The molecular formula is C11H12ClN. The topological polar surface area (TPSA) is 12.0 Å². The highest BCUT2D eigenvalue weighted by molar-refractivity contribution is 6.19. The Morgan fingerprint density at radius 1 is 1.38 bits per heavy atom. The molecule has 1 unspecified atom stereocenters. The molecule has 1 N–H and O–H groups in total. The summed E-state index contributed by atoms with van der Waals surface area (Å²) < 4.78 is 0. The minimum absolute atomic E-state index is 0.101. The van der Waals surface area contributed by atoms with Gasteiger partial charge >= 0.3 is 0 Å². The lowest BCUT2D eigenvalue weighted by Gasteiger charge is -2.30. The molecular weight excluding hydrogens is 182 g/mol. The Hall–Kier alpha value is -0.950. The van der Waals surface area contributed by atoms with Crippen molar-refractivity contribution in [2.45, 2.75) is 12.5 Å². The Labute approximate surface area is 83.4 Å². The molecule has 1 nitrogen and oxygen atoms in total. The van der Waals surface area contributed by atoms with Crippen molar-refractivity contribution in [3.8, 4) is 0 Å². The molecule has 1 aromatic rings. The second-order valence-electron chi connectivity index (χ2n) is 3.60. The fraction of sp³-hybridized carbons (Fsp3) is 0.273. The van der Waals surface area contributed by atoms with Gasteiger partial charge in [-0.15, -0.1) is 11.6 Å². The van der Waals surface area contributed by atoms with Crippen LogP contribution in [-0.2, 0) is 0 Å². The van der Waals surface area contributed by atoms with Gasteiger partial charge in [0.2, 0.25) is 0 Å². The zero-order valence-electron chi connectivity index (χ0n) is 7.55. The van der Waals surface area contributed by atoms with E-state index in [9.17, 15) is 0 Å². The maximum absolute atomic E-state index is 5.87. The quantitative estimate of drug-likeness (QED) is 0.676. The Morgan fingerprint density at radius 3 is 2.92 bits per heavy atom. The van der Waals surface area contributed by atoms with Gasteiger partial charge in [0.1, 0.15) is 0 Å². The lowest BCUT2D eigenvalue weighted by molar-refractivity contribution is 0.719. The monoisotopic (exact) mass is 193 g/mol. The standard InChI is InChI=1S/C11H12ClN/c1-11(8-12)7-6-9-4-2-3-5-10(9)13-11/h2-7,13H,8H2,1H3. The van der Waals surface area contributed by atoms with E-state index in [2.05, 4.69) is 36.5 Å². The summed E-state index contributed by atoms with van der Waals surface area (Å²) in [5, 5.41) is 3.40. The van der Waals surface area contributed by atoms with Gasteiger partial charge in [-0.3, -0.25) is 0 Å². The van der Waals surface area contributed by atoms with Gasteiger partial charge in [0.05, 0.1) is 5.54 Å². The zero-order valence-corrected chi connectivity index (χ0v) is 8.31. The predicted molar refractivity (Wildman–Crippen MR) is 58.2 cm³/mol. The first kappa shape index (κ1) is 8.64. The largest absolute Gasteiger partial charge is 0.375 e. The molecule has 0 aromatic heterocycles. The van der Waals surface area contributed by atoms with Crippen LogP contribution in [0.5, 0.6) is 0 Å². The first-order chi connectivity index (χ1) is 6.23. The molecule has 0 aliphatic carbocycles. The van der Waals surface area contributed by atoms with Gasteiger partial charge in [0, 0.05) is 11.6 Å². The van der Waals surface area contributed by atoms with E-state index in [0.29, 0.717) is 5.88 Å². The van der Waals surface area contributed by atoms with E-state index in [4.69, 9.17) is 11.6 Å². The number of para-hydroxylation sites is 1. The molecule has 1 aliphatic heterocycles. The van der Waals surface area contributed by atoms with Gasteiger partial charge in [0.15, 0.2) is 0 Å². The number of alkyl halides is 1. The van der Waals surface area contributed by atoms with Gasteiger partial charge in [0.25, 0.3) is 0 Å². The Kier molecular flexibility index (Phi) is 2.04. The molecule has 1 atom stereocenters. The van der Waals surface area contributed by atoms with Gasteiger partial charge in [-0.05, 0) is 18.6 Å². The first-order valence-corrected chi connectivity index (χ1v) is 4.89. The normalized spacial score (nSPS) is 25.1. The van der Waals surface area contributed by atoms with Crippen molar-refractivity contribution in [2.24, 2.45) is 0 Å². The molecule has 2 rings (SSSR count). The predicted octanol–water partition coefficient (Wildman–Crippen LogP) is 3.12. The van der Waals surface area contributed by atoms with Crippen molar-refractivity contribution >= 4 is 23.4 Å². The van der Waals surface area contributed by atoms with Gasteiger partial charge < -0.3 is 5.32 Å². The Balaban J connectivity index is 2.39. The molecule has 68 valence electrons. The summed E-state index contributed by atoms with van der Waals surface area (Å²) >= 11 is 5.87.